The van der Waals surface area contributed by atoms with Gasteiger partial charge in [-0.3, -0.25) is 10.2 Å². The van der Waals surface area contributed by atoms with Crippen molar-refractivity contribution < 1.29 is 9.53 Å². The number of aromatic nitrogens is 3. The van der Waals surface area contributed by atoms with E-state index in [1.165, 1.54) is 0 Å². The van der Waals surface area contributed by atoms with Crippen molar-refractivity contribution in [1.29, 1.82) is 0 Å². The van der Waals surface area contributed by atoms with E-state index in [0.29, 0.717) is 38.5 Å². The lowest BCUT2D eigenvalue weighted by Gasteiger charge is -2.30. The van der Waals surface area contributed by atoms with Crippen LogP contribution in [0.4, 0.5) is 11.9 Å². The average molecular weight is 295 g/mol. The molecule has 1 aromatic heterocycles. The van der Waals surface area contributed by atoms with E-state index in [1.54, 1.807) is 0 Å². The number of hydrogen-bond donors (Lipinski definition) is 3. The van der Waals surface area contributed by atoms with Gasteiger partial charge in [0.25, 0.3) is 0 Å². The molecule has 0 spiro atoms. The Hall–Kier alpha value is -2.16. The number of nitrogens with two attached hydrogens (primary N) is 2. The second kappa shape index (κ2) is 7.02. The first kappa shape index (κ1) is 15.2. The van der Waals surface area contributed by atoms with E-state index in [-0.39, 0.29) is 23.8 Å². The first-order chi connectivity index (χ1) is 10.1. The third-order valence-electron chi connectivity index (χ3n) is 3.35. The molecule has 0 atom stereocenters. The molecule has 9 heteroatoms. The monoisotopic (exact) mass is 295 g/mol. The van der Waals surface area contributed by atoms with E-state index >= 15 is 0 Å². The van der Waals surface area contributed by atoms with Gasteiger partial charge in [0.2, 0.25) is 17.8 Å². The lowest BCUT2D eigenvalue weighted by Crippen LogP contribution is -2.39. The van der Waals surface area contributed by atoms with Crippen LogP contribution in [0.2, 0.25) is 0 Å². The lowest BCUT2D eigenvalue weighted by molar-refractivity contribution is -0.122. The fourth-order valence-electron chi connectivity index (χ4n) is 2.17. The van der Waals surface area contributed by atoms with Crippen molar-refractivity contribution in [3.8, 4) is 6.01 Å². The number of ether oxygens (including phenoxy) is 1. The van der Waals surface area contributed by atoms with Crippen molar-refractivity contribution in [3.05, 3.63) is 0 Å². The van der Waals surface area contributed by atoms with E-state index in [2.05, 4.69) is 20.4 Å². The van der Waals surface area contributed by atoms with Crippen LogP contribution in [0.3, 0.4) is 0 Å². The summed E-state index contributed by atoms with van der Waals surface area (Å²) in [5.74, 6) is 5.79. The smallest absolute Gasteiger partial charge is 0.323 e. The maximum Gasteiger partial charge on any atom is 0.323 e. The molecular formula is C12H21N7O2. The van der Waals surface area contributed by atoms with Crippen molar-refractivity contribution in [2.75, 3.05) is 30.0 Å². The van der Waals surface area contributed by atoms with Gasteiger partial charge in [0.15, 0.2) is 0 Å². The van der Waals surface area contributed by atoms with Crippen LogP contribution in [0.1, 0.15) is 26.2 Å². The summed E-state index contributed by atoms with van der Waals surface area (Å²) in [5.41, 5.74) is 7.74. The van der Waals surface area contributed by atoms with E-state index in [9.17, 15) is 4.79 Å². The quantitative estimate of drug-likeness (QED) is 0.479. The molecule has 1 aliphatic heterocycles. The van der Waals surface area contributed by atoms with Crippen molar-refractivity contribution in [2.45, 2.75) is 26.2 Å². The van der Waals surface area contributed by atoms with Crippen LogP contribution in [0.25, 0.3) is 0 Å². The molecule has 0 bridgehead atoms. The predicted molar refractivity (Wildman–Crippen MR) is 77.6 cm³/mol. The van der Waals surface area contributed by atoms with Gasteiger partial charge in [0.1, 0.15) is 0 Å². The van der Waals surface area contributed by atoms with Gasteiger partial charge in [-0.25, -0.2) is 5.84 Å². The van der Waals surface area contributed by atoms with Gasteiger partial charge in [-0.2, -0.15) is 15.0 Å². The van der Waals surface area contributed by atoms with Crippen LogP contribution in [-0.2, 0) is 4.79 Å². The summed E-state index contributed by atoms with van der Waals surface area (Å²) in [7, 11) is 0. The number of carbonyl (C=O) groups is 1. The second-order valence-corrected chi connectivity index (χ2v) is 4.90. The third-order valence-corrected chi connectivity index (χ3v) is 3.35. The van der Waals surface area contributed by atoms with Crippen LogP contribution in [-0.4, -0.2) is 40.6 Å². The van der Waals surface area contributed by atoms with Crippen LogP contribution < -0.4 is 26.6 Å². The number of nitrogen functional groups attached to an aromatic ring is 1. The van der Waals surface area contributed by atoms with Gasteiger partial charge < -0.3 is 15.4 Å². The largest absolute Gasteiger partial charge is 0.463 e. The number of hydrazine groups is 1. The van der Waals surface area contributed by atoms with Gasteiger partial charge in [-0.1, -0.05) is 6.92 Å². The van der Waals surface area contributed by atoms with E-state index < -0.39 is 0 Å². The maximum absolute atomic E-state index is 11.2. The predicted octanol–water partition coefficient (Wildman–Crippen LogP) is -0.352. The number of carbonyl (C=O) groups excluding carboxylic acids is 1. The molecule has 21 heavy (non-hydrogen) atoms. The molecule has 1 aromatic rings. The Morgan fingerprint density at radius 3 is 2.67 bits per heavy atom. The lowest BCUT2D eigenvalue weighted by atomic mass is 9.96. The summed E-state index contributed by atoms with van der Waals surface area (Å²) in [6.07, 6.45) is 2.24. The number of amides is 1. The Bertz CT molecular complexity index is 488. The molecule has 0 aliphatic carbocycles. The second-order valence-electron chi connectivity index (χ2n) is 4.90. The molecule has 9 nitrogen and oxygen atoms in total. The van der Waals surface area contributed by atoms with Crippen molar-refractivity contribution in [1.82, 2.24) is 15.0 Å². The molecule has 2 rings (SSSR count). The van der Waals surface area contributed by atoms with Crippen molar-refractivity contribution in [2.24, 2.45) is 17.5 Å². The Morgan fingerprint density at radius 1 is 1.38 bits per heavy atom. The molecule has 1 saturated heterocycles. The first-order valence-electron chi connectivity index (χ1n) is 7.03. The van der Waals surface area contributed by atoms with Gasteiger partial charge in [-0.05, 0) is 19.3 Å². The number of nitrogens with zero attached hydrogens (tertiary/aromatic N) is 4. The van der Waals surface area contributed by atoms with Crippen LogP contribution >= 0.6 is 0 Å². The number of primary amides is 1. The highest BCUT2D eigenvalue weighted by molar-refractivity contribution is 5.76. The standard InChI is InChI=1S/C12H21N7O2/c1-2-7-21-12-16-10(18-14)15-11(17-12)19-5-3-8(4-6-19)9(13)20/h8H,2-7,14H2,1H3,(H2,13,20)(H,15,16,17,18). The number of nitrogens with one attached hydrogen (secondary N) is 1. The molecule has 116 valence electrons. The molecule has 1 amide bonds. The summed E-state index contributed by atoms with van der Waals surface area (Å²) < 4.78 is 5.43. The Balaban J connectivity index is 2.10. The highest BCUT2D eigenvalue weighted by atomic mass is 16.5. The summed E-state index contributed by atoms with van der Waals surface area (Å²) in [5, 5.41) is 0. The minimum absolute atomic E-state index is 0.0778. The molecule has 0 saturated carbocycles. The number of rotatable bonds is 6. The SMILES string of the molecule is CCCOc1nc(NN)nc(N2CCC(C(N)=O)CC2)n1. The topological polar surface area (TPSA) is 132 Å². The summed E-state index contributed by atoms with van der Waals surface area (Å²) in [4.78, 5) is 25.7. The van der Waals surface area contributed by atoms with Gasteiger partial charge in [0.05, 0.1) is 6.61 Å². The number of hydrogen-bond acceptors (Lipinski definition) is 8. The van der Waals surface area contributed by atoms with Crippen LogP contribution in [0.15, 0.2) is 0 Å². The molecular weight excluding hydrogens is 274 g/mol. The average Bonchev–Trinajstić information content (AvgIpc) is 2.52. The van der Waals surface area contributed by atoms with E-state index in [4.69, 9.17) is 16.3 Å². The Labute approximate surface area is 123 Å². The van der Waals surface area contributed by atoms with Crippen molar-refractivity contribution >= 4 is 17.8 Å². The fourth-order valence-corrected chi connectivity index (χ4v) is 2.17. The Morgan fingerprint density at radius 2 is 2.10 bits per heavy atom. The number of piperidine rings is 1. The minimum Gasteiger partial charge on any atom is -0.463 e. The number of anilines is 2. The molecule has 2 heterocycles. The van der Waals surface area contributed by atoms with Gasteiger partial charge >= 0.3 is 6.01 Å². The molecule has 5 N–H and O–H groups in total. The maximum atomic E-state index is 11.2. The molecule has 0 radical (unpaired) electrons. The van der Waals surface area contributed by atoms with Gasteiger partial charge in [0, 0.05) is 19.0 Å². The van der Waals surface area contributed by atoms with Gasteiger partial charge in [-0.15, -0.1) is 0 Å². The zero-order chi connectivity index (χ0) is 15.2. The van der Waals surface area contributed by atoms with Crippen LogP contribution in [0.5, 0.6) is 6.01 Å². The molecule has 1 aliphatic rings. The van der Waals surface area contributed by atoms with Crippen molar-refractivity contribution in [3.63, 3.8) is 0 Å². The van der Waals surface area contributed by atoms with E-state index in [0.717, 1.165) is 6.42 Å². The third kappa shape index (κ3) is 3.91. The molecule has 0 aromatic carbocycles. The fraction of sp³-hybridized carbons (Fsp3) is 0.667. The highest BCUT2D eigenvalue weighted by Gasteiger charge is 2.25. The summed E-state index contributed by atoms with van der Waals surface area (Å²) in [6.45, 7) is 3.85. The zero-order valence-electron chi connectivity index (χ0n) is 12.1. The highest BCUT2D eigenvalue weighted by Crippen LogP contribution is 2.22. The Kier molecular flexibility index (Phi) is 5.09. The van der Waals surface area contributed by atoms with E-state index in [1.807, 2.05) is 11.8 Å². The summed E-state index contributed by atoms with van der Waals surface area (Å²) in [6, 6.07) is 0.242. The van der Waals surface area contributed by atoms with Crippen LogP contribution in [0, 0.1) is 5.92 Å². The molecule has 1 fully saturated rings. The summed E-state index contributed by atoms with van der Waals surface area (Å²) >= 11 is 0. The zero-order valence-corrected chi connectivity index (χ0v) is 12.1. The first-order valence-corrected chi connectivity index (χ1v) is 7.03. The molecule has 0 unspecified atom stereocenters. The normalized spacial score (nSPS) is 15.8. The minimum atomic E-state index is -0.249.